The molecule has 1 aromatic heterocycles. The molecule has 1 amide bonds. The molecule has 134 valence electrons. The fraction of sp³-hybridized carbons (Fsp3) is 0.450. The van der Waals surface area contributed by atoms with Crippen LogP contribution in [0, 0.1) is 6.92 Å². The van der Waals surface area contributed by atoms with Crippen LogP contribution < -0.4 is 4.90 Å². The summed E-state index contributed by atoms with van der Waals surface area (Å²) in [6.07, 6.45) is 5.43. The topological polar surface area (TPSA) is 45.9 Å². The lowest BCUT2D eigenvalue weighted by Gasteiger charge is -2.38. The van der Waals surface area contributed by atoms with Crippen molar-refractivity contribution in [2.24, 2.45) is 0 Å². The van der Waals surface area contributed by atoms with Crippen LogP contribution in [0.5, 0.6) is 0 Å². The lowest BCUT2D eigenvalue weighted by molar-refractivity contribution is -0.122. The molecule has 5 nitrogen and oxygen atoms in total. The molecule has 0 radical (unpaired) electrons. The summed E-state index contributed by atoms with van der Waals surface area (Å²) < 4.78 is 10.2. The molecule has 0 N–H and O–H groups in total. The summed E-state index contributed by atoms with van der Waals surface area (Å²) in [5.41, 5.74) is 3.35. The van der Waals surface area contributed by atoms with E-state index >= 15 is 0 Å². The van der Waals surface area contributed by atoms with Crippen molar-refractivity contribution in [1.82, 2.24) is 4.90 Å². The van der Waals surface area contributed by atoms with Crippen LogP contribution in [0.1, 0.15) is 24.0 Å². The fourth-order valence-electron chi connectivity index (χ4n) is 3.43. The van der Waals surface area contributed by atoms with Crippen LogP contribution >= 0.6 is 0 Å². The largest absolute Gasteiger partial charge is 0.472 e. The highest BCUT2D eigenvalue weighted by Gasteiger charge is 2.29. The van der Waals surface area contributed by atoms with Crippen molar-refractivity contribution in [3.63, 3.8) is 0 Å². The minimum absolute atomic E-state index is 0.0274. The first-order valence-corrected chi connectivity index (χ1v) is 8.78. The van der Waals surface area contributed by atoms with Crippen LogP contribution in [-0.2, 0) is 16.1 Å². The Morgan fingerprint density at radius 3 is 2.56 bits per heavy atom. The molecule has 0 spiro atoms. The number of hydrogen-bond donors (Lipinski definition) is 0. The molecule has 1 aliphatic heterocycles. The first kappa shape index (κ1) is 17.7. The molecule has 3 rings (SSSR count). The van der Waals surface area contributed by atoms with Gasteiger partial charge in [-0.15, -0.1) is 0 Å². The number of furan rings is 1. The highest BCUT2D eigenvalue weighted by molar-refractivity contribution is 5.94. The SMILES string of the molecule is COCC(=O)N(c1ccc(C)cc1)C1CCN(Cc2ccoc2)CC1. The number of amides is 1. The molecule has 25 heavy (non-hydrogen) atoms. The molecule has 0 bridgehead atoms. The van der Waals surface area contributed by atoms with Crippen molar-refractivity contribution in [3.8, 4) is 0 Å². The van der Waals surface area contributed by atoms with Crippen LogP contribution in [0.3, 0.4) is 0 Å². The maximum atomic E-state index is 12.6. The monoisotopic (exact) mass is 342 g/mol. The van der Waals surface area contributed by atoms with Gasteiger partial charge >= 0.3 is 0 Å². The Balaban J connectivity index is 1.67. The lowest BCUT2D eigenvalue weighted by Crippen LogP contribution is -2.48. The number of methoxy groups -OCH3 is 1. The van der Waals surface area contributed by atoms with Crippen LogP contribution in [0.4, 0.5) is 5.69 Å². The third kappa shape index (κ3) is 4.50. The zero-order valence-electron chi connectivity index (χ0n) is 15.0. The van der Waals surface area contributed by atoms with E-state index in [9.17, 15) is 4.79 Å². The molecule has 0 atom stereocenters. The van der Waals surface area contributed by atoms with E-state index < -0.39 is 0 Å². The number of carbonyl (C=O) groups excluding carboxylic acids is 1. The van der Waals surface area contributed by atoms with Gasteiger partial charge in [-0.2, -0.15) is 0 Å². The van der Waals surface area contributed by atoms with Gasteiger partial charge < -0.3 is 14.1 Å². The third-order valence-electron chi connectivity index (χ3n) is 4.76. The second-order valence-electron chi connectivity index (χ2n) is 6.67. The summed E-state index contributed by atoms with van der Waals surface area (Å²) >= 11 is 0. The van der Waals surface area contributed by atoms with Crippen LogP contribution in [0.2, 0.25) is 0 Å². The highest BCUT2D eigenvalue weighted by Crippen LogP contribution is 2.25. The van der Waals surface area contributed by atoms with Crippen LogP contribution in [0.25, 0.3) is 0 Å². The summed E-state index contributed by atoms with van der Waals surface area (Å²) in [6, 6.07) is 10.4. The number of piperidine rings is 1. The molecule has 5 heteroatoms. The Kier molecular flexibility index (Phi) is 5.89. The molecule has 1 aromatic carbocycles. The van der Waals surface area contributed by atoms with Gasteiger partial charge in [-0.1, -0.05) is 17.7 Å². The molecular formula is C20H26N2O3. The Labute approximate surface area is 149 Å². The normalized spacial score (nSPS) is 16.1. The summed E-state index contributed by atoms with van der Waals surface area (Å²) in [5.74, 6) is 0.0274. The number of nitrogens with zero attached hydrogens (tertiary/aromatic N) is 2. The van der Waals surface area contributed by atoms with Gasteiger partial charge in [0.05, 0.1) is 12.5 Å². The second-order valence-corrected chi connectivity index (χ2v) is 6.67. The van der Waals surface area contributed by atoms with E-state index in [4.69, 9.17) is 9.15 Å². The van der Waals surface area contributed by atoms with Crippen molar-refractivity contribution >= 4 is 11.6 Å². The zero-order valence-corrected chi connectivity index (χ0v) is 15.0. The number of benzene rings is 1. The number of hydrogen-bond acceptors (Lipinski definition) is 4. The van der Waals surface area contributed by atoms with E-state index in [0.717, 1.165) is 38.2 Å². The molecule has 1 fully saturated rings. The second kappa shape index (κ2) is 8.32. The van der Waals surface area contributed by atoms with Crippen LogP contribution in [0.15, 0.2) is 47.3 Å². The maximum Gasteiger partial charge on any atom is 0.253 e. The molecule has 2 heterocycles. The number of aryl methyl sites for hydroxylation is 1. The molecule has 0 unspecified atom stereocenters. The van der Waals surface area contributed by atoms with Gasteiger partial charge in [-0.3, -0.25) is 9.69 Å². The third-order valence-corrected chi connectivity index (χ3v) is 4.76. The molecule has 0 aliphatic carbocycles. The van der Waals surface area contributed by atoms with E-state index in [-0.39, 0.29) is 18.6 Å². The average Bonchev–Trinajstić information content (AvgIpc) is 3.12. The number of likely N-dealkylation sites (tertiary alicyclic amines) is 1. The number of ether oxygens (including phenoxy) is 1. The minimum Gasteiger partial charge on any atom is -0.472 e. The van der Waals surface area contributed by atoms with Crippen molar-refractivity contribution in [2.45, 2.75) is 32.4 Å². The van der Waals surface area contributed by atoms with E-state index in [0.29, 0.717) is 0 Å². The Morgan fingerprint density at radius 1 is 1.24 bits per heavy atom. The van der Waals surface area contributed by atoms with Gasteiger partial charge in [-0.05, 0) is 38.0 Å². The number of carbonyl (C=O) groups is 1. The molecule has 1 saturated heterocycles. The predicted octanol–water partition coefficient (Wildman–Crippen LogP) is 3.23. The summed E-state index contributed by atoms with van der Waals surface area (Å²) in [5, 5.41) is 0. The maximum absolute atomic E-state index is 12.6. The Hall–Kier alpha value is -2.11. The van der Waals surface area contributed by atoms with E-state index in [1.807, 2.05) is 23.1 Å². The molecular weight excluding hydrogens is 316 g/mol. The van der Waals surface area contributed by atoms with Gasteiger partial charge in [0.15, 0.2) is 0 Å². The summed E-state index contributed by atoms with van der Waals surface area (Å²) in [4.78, 5) is 17.0. The van der Waals surface area contributed by atoms with Crippen LogP contribution in [-0.4, -0.2) is 43.7 Å². The van der Waals surface area contributed by atoms with E-state index in [1.54, 1.807) is 19.6 Å². The zero-order chi connectivity index (χ0) is 17.6. The first-order chi connectivity index (χ1) is 12.2. The van der Waals surface area contributed by atoms with E-state index in [2.05, 4.69) is 24.0 Å². The van der Waals surface area contributed by atoms with Gasteiger partial charge in [0.2, 0.25) is 0 Å². The fourth-order valence-corrected chi connectivity index (χ4v) is 3.43. The Bertz CT molecular complexity index is 659. The minimum atomic E-state index is 0.0274. The molecule has 2 aromatic rings. The number of anilines is 1. The van der Waals surface area contributed by atoms with Crippen molar-refractivity contribution < 1.29 is 13.9 Å². The number of rotatable bonds is 6. The first-order valence-electron chi connectivity index (χ1n) is 8.78. The highest BCUT2D eigenvalue weighted by atomic mass is 16.5. The quantitative estimate of drug-likeness (QED) is 0.808. The molecule has 1 aliphatic rings. The van der Waals surface area contributed by atoms with Crippen molar-refractivity contribution in [2.75, 3.05) is 31.7 Å². The van der Waals surface area contributed by atoms with Gasteiger partial charge in [0.25, 0.3) is 5.91 Å². The molecule has 0 saturated carbocycles. The average molecular weight is 342 g/mol. The van der Waals surface area contributed by atoms with Gasteiger partial charge in [-0.25, -0.2) is 0 Å². The van der Waals surface area contributed by atoms with Crippen molar-refractivity contribution in [3.05, 3.63) is 54.0 Å². The van der Waals surface area contributed by atoms with Crippen molar-refractivity contribution in [1.29, 1.82) is 0 Å². The lowest BCUT2D eigenvalue weighted by atomic mass is 10.0. The Morgan fingerprint density at radius 2 is 1.96 bits per heavy atom. The standard InChI is InChI=1S/C20H26N2O3/c1-16-3-5-18(6-4-16)22(20(23)15-24-2)19-7-10-21(11-8-19)13-17-9-12-25-14-17/h3-6,9,12,14,19H,7-8,10-11,13,15H2,1-2H3. The van der Waals surface area contributed by atoms with Gasteiger partial charge in [0.1, 0.15) is 6.61 Å². The summed E-state index contributed by atoms with van der Waals surface area (Å²) in [7, 11) is 1.57. The van der Waals surface area contributed by atoms with E-state index in [1.165, 1.54) is 11.1 Å². The smallest absolute Gasteiger partial charge is 0.253 e. The van der Waals surface area contributed by atoms with Gasteiger partial charge in [0, 0.05) is 44.0 Å². The predicted molar refractivity (Wildman–Crippen MR) is 97.5 cm³/mol. The summed E-state index contributed by atoms with van der Waals surface area (Å²) in [6.45, 7) is 5.01.